The van der Waals surface area contributed by atoms with Crippen molar-refractivity contribution in [2.24, 2.45) is 0 Å². The van der Waals surface area contributed by atoms with E-state index in [0.717, 1.165) is 38.5 Å². The third-order valence-electron chi connectivity index (χ3n) is 4.13. The molecule has 0 aromatic heterocycles. The first kappa shape index (κ1) is 13.6. The maximum atomic E-state index is 10.4. The molecule has 0 amide bonds. The maximum Gasteiger partial charge on any atom is 0.0905 e. The molecule has 100 valence electrons. The number of aliphatic hydroxyl groups excluding tert-OH is 1. The smallest absolute Gasteiger partial charge is 0.0905 e. The molecule has 1 aliphatic rings. The van der Waals surface area contributed by atoms with Crippen molar-refractivity contribution in [3.05, 3.63) is 35.9 Å². The fourth-order valence-electron chi connectivity index (χ4n) is 2.91. The molecule has 1 atom stereocenters. The normalized spacial score (nSPS) is 20.6. The molecule has 2 heteroatoms. The molecule has 1 aromatic carbocycles. The van der Waals surface area contributed by atoms with Gasteiger partial charge < -0.3 is 10.2 Å². The van der Waals surface area contributed by atoms with Gasteiger partial charge in [0.2, 0.25) is 0 Å². The van der Waals surface area contributed by atoms with Gasteiger partial charge in [0.15, 0.2) is 0 Å². The third-order valence-corrected chi connectivity index (χ3v) is 4.13. The van der Waals surface area contributed by atoms with Gasteiger partial charge >= 0.3 is 0 Å². The fraction of sp³-hybridized carbons (Fsp3) is 0.625. The molecule has 2 nitrogen and oxygen atoms in total. The number of hydrogen-bond acceptors (Lipinski definition) is 2. The Balaban J connectivity index is 1.76. The van der Waals surface area contributed by atoms with E-state index in [9.17, 15) is 10.2 Å². The predicted molar refractivity (Wildman–Crippen MR) is 73.4 cm³/mol. The fourth-order valence-corrected chi connectivity index (χ4v) is 2.91. The van der Waals surface area contributed by atoms with Gasteiger partial charge in [0.1, 0.15) is 0 Å². The molecule has 0 saturated heterocycles. The first-order valence-electron chi connectivity index (χ1n) is 7.15. The Labute approximate surface area is 110 Å². The molecule has 2 N–H and O–H groups in total. The number of aryl methyl sites for hydroxylation is 1. The molecule has 1 aromatic rings. The van der Waals surface area contributed by atoms with Gasteiger partial charge in [-0.3, -0.25) is 0 Å². The van der Waals surface area contributed by atoms with Crippen molar-refractivity contribution in [3.8, 4) is 0 Å². The van der Waals surface area contributed by atoms with Crippen molar-refractivity contribution in [3.63, 3.8) is 0 Å². The summed E-state index contributed by atoms with van der Waals surface area (Å²) in [5, 5.41) is 20.5. The van der Waals surface area contributed by atoms with Crippen molar-refractivity contribution < 1.29 is 10.2 Å². The summed E-state index contributed by atoms with van der Waals surface area (Å²) in [6.07, 6.45) is 6.88. The van der Waals surface area contributed by atoms with E-state index in [1.807, 2.05) is 18.2 Å². The highest BCUT2D eigenvalue weighted by molar-refractivity contribution is 5.14. The van der Waals surface area contributed by atoms with E-state index in [1.54, 1.807) is 0 Å². The Bertz CT molecular complexity index is 341. The summed E-state index contributed by atoms with van der Waals surface area (Å²) in [6.45, 7) is 0. The molecule has 0 bridgehead atoms. The van der Waals surface area contributed by atoms with Crippen molar-refractivity contribution >= 4 is 0 Å². The first-order valence-corrected chi connectivity index (χ1v) is 7.15. The number of rotatable bonds is 5. The molecule has 1 fully saturated rings. The summed E-state index contributed by atoms with van der Waals surface area (Å²) in [4.78, 5) is 0. The molecule has 0 spiro atoms. The maximum absolute atomic E-state index is 10.4. The van der Waals surface area contributed by atoms with Gasteiger partial charge in [0, 0.05) is 0 Å². The zero-order chi connectivity index (χ0) is 12.8. The van der Waals surface area contributed by atoms with Gasteiger partial charge in [0.05, 0.1) is 11.7 Å². The Morgan fingerprint density at radius 3 is 2.39 bits per heavy atom. The summed E-state index contributed by atoms with van der Waals surface area (Å²) in [6, 6.07) is 10.3. The van der Waals surface area contributed by atoms with Crippen LogP contribution in [-0.2, 0) is 6.42 Å². The van der Waals surface area contributed by atoms with E-state index in [1.165, 1.54) is 12.0 Å². The molecule has 2 rings (SSSR count). The van der Waals surface area contributed by atoms with Crippen molar-refractivity contribution in [2.45, 2.75) is 63.1 Å². The largest absolute Gasteiger partial charge is 0.390 e. The van der Waals surface area contributed by atoms with Crippen LogP contribution >= 0.6 is 0 Å². The van der Waals surface area contributed by atoms with E-state index < -0.39 is 11.7 Å². The molecular weight excluding hydrogens is 224 g/mol. The number of benzene rings is 1. The molecule has 1 aliphatic carbocycles. The minimum absolute atomic E-state index is 0.554. The zero-order valence-corrected chi connectivity index (χ0v) is 11.0. The highest BCUT2D eigenvalue weighted by Crippen LogP contribution is 2.32. The summed E-state index contributed by atoms with van der Waals surface area (Å²) in [7, 11) is 0. The standard InChI is InChI=1S/C16H24O2/c17-15(16(18)12-5-2-6-13-16)11-7-10-14-8-3-1-4-9-14/h1,3-4,8-9,15,17-18H,2,5-7,10-13H2. The zero-order valence-electron chi connectivity index (χ0n) is 11.0. The van der Waals surface area contributed by atoms with E-state index in [0.29, 0.717) is 6.42 Å². The van der Waals surface area contributed by atoms with Crippen LogP contribution in [0.5, 0.6) is 0 Å². The summed E-state index contributed by atoms with van der Waals surface area (Å²) >= 11 is 0. The van der Waals surface area contributed by atoms with Crippen LogP contribution in [0, 0.1) is 0 Å². The summed E-state index contributed by atoms with van der Waals surface area (Å²) < 4.78 is 0. The Morgan fingerprint density at radius 1 is 1.06 bits per heavy atom. The van der Waals surface area contributed by atoms with Crippen LogP contribution in [0.2, 0.25) is 0 Å². The lowest BCUT2D eigenvalue weighted by Gasteiger charge is -2.36. The molecule has 18 heavy (non-hydrogen) atoms. The van der Waals surface area contributed by atoms with Crippen LogP contribution in [0.4, 0.5) is 0 Å². The van der Waals surface area contributed by atoms with Crippen LogP contribution in [0.15, 0.2) is 30.3 Å². The Kier molecular flexibility index (Phi) is 4.79. The molecule has 0 radical (unpaired) electrons. The van der Waals surface area contributed by atoms with E-state index in [-0.39, 0.29) is 0 Å². The molecule has 0 heterocycles. The lowest BCUT2D eigenvalue weighted by atomic mass is 9.79. The number of hydrogen-bond donors (Lipinski definition) is 2. The SMILES string of the molecule is OC(CCCc1ccccc1)C1(O)CCCCC1. The third kappa shape index (κ3) is 3.56. The minimum atomic E-state index is -0.811. The van der Waals surface area contributed by atoms with Crippen molar-refractivity contribution in [2.75, 3.05) is 0 Å². The Hall–Kier alpha value is -0.860. The second-order valence-electron chi connectivity index (χ2n) is 5.56. The molecule has 0 aliphatic heterocycles. The van der Waals surface area contributed by atoms with Crippen molar-refractivity contribution in [1.82, 2.24) is 0 Å². The highest BCUT2D eigenvalue weighted by Gasteiger charge is 2.36. The topological polar surface area (TPSA) is 40.5 Å². The van der Waals surface area contributed by atoms with Gasteiger partial charge in [0.25, 0.3) is 0 Å². The van der Waals surface area contributed by atoms with Crippen LogP contribution in [0.1, 0.15) is 50.5 Å². The minimum Gasteiger partial charge on any atom is -0.390 e. The van der Waals surface area contributed by atoms with Crippen LogP contribution in [0.25, 0.3) is 0 Å². The van der Waals surface area contributed by atoms with Gasteiger partial charge in [-0.05, 0) is 37.7 Å². The van der Waals surface area contributed by atoms with Crippen LogP contribution < -0.4 is 0 Å². The quantitative estimate of drug-likeness (QED) is 0.840. The second-order valence-corrected chi connectivity index (χ2v) is 5.56. The van der Waals surface area contributed by atoms with Gasteiger partial charge in [-0.2, -0.15) is 0 Å². The highest BCUT2D eigenvalue weighted by atomic mass is 16.3. The van der Waals surface area contributed by atoms with Crippen LogP contribution in [0.3, 0.4) is 0 Å². The van der Waals surface area contributed by atoms with E-state index >= 15 is 0 Å². The van der Waals surface area contributed by atoms with E-state index in [2.05, 4.69) is 12.1 Å². The summed E-state index contributed by atoms with van der Waals surface area (Å²) in [5.41, 5.74) is 0.495. The lowest BCUT2D eigenvalue weighted by Crippen LogP contribution is -2.43. The summed E-state index contributed by atoms with van der Waals surface area (Å²) in [5.74, 6) is 0. The molecule has 1 saturated carbocycles. The number of aliphatic hydroxyl groups is 2. The first-order chi connectivity index (χ1) is 8.71. The monoisotopic (exact) mass is 248 g/mol. The van der Waals surface area contributed by atoms with Crippen LogP contribution in [-0.4, -0.2) is 21.9 Å². The Morgan fingerprint density at radius 2 is 1.72 bits per heavy atom. The van der Waals surface area contributed by atoms with Gasteiger partial charge in [-0.15, -0.1) is 0 Å². The average Bonchev–Trinajstić information content (AvgIpc) is 2.41. The van der Waals surface area contributed by atoms with Gasteiger partial charge in [-0.1, -0.05) is 49.6 Å². The van der Waals surface area contributed by atoms with Crippen molar-refractivity contribution in [1.29, 1.82) is 0 Å². The van der Waals surface area contributed by atoms with E-state index in [4.69, 9.17) is 0 Å². The second kappa shape index (κ2) is 6.35. The van der Waals surface area contributed by atoms with Gasteiger partial charge in [-0.25, -0.2) is 0 Å². The molecule has 1 unspecified atom stereocenters. The predicted octanol–water partition coefficient (Wildman–Crippen LogP) is 3.07. The average molecular weight is 248 g/mol. The lowest BCUT2D eigenvalue weighted by molar-refractivity contribution is -0.0999. The molecular formula is C16H24O2.